The molecular formula is C15H11NO4. The summed E-state index contributed by atoms with van der Waals surface area (Å²) in [5.74, 6) is -1.48. The Labute approximate surface area is 114 Å². The molecule has 0 saturated carbocycles. The Balaban J connectivity index is 0.000000151. The summed E-state index contributed by atoms with van der Waals surface area (Å²) < 4.78 is 0. The molecule has 2 amide bonds. The maximum atomic E-state index is 10.9. The molecule has 20 heavy (non-hydrogen) atoms. The SMILES string of the molecule is O=C(O)c1ccccc1.O=C1NC(=O)c2ccccc21. The summed E-state index contributed by atoms with van der Waals surface area (Å²) in [7, 11) is 0. The van der Waals surface area contributed by atoms with E-state index in [0.29, 0.717) is 16.7 Å². The van der Waals surface area contributed by atoms with Crippen LogP contribution < -0.4 is 5.32 Å². The van der Waals surface area contributed by atoms with Crippen LogP contribution in [-0.2, 0) is 0 Å². The standard InChI is InChI=1S/C8H5NO2.C7H6O2/c10-7-5-3-1-2-4-6(5)8(11)9-7;8-7(9)6-4-2-1-3-5-6/h1-4H,(H,9,10,11);1-5H,(H,8,9). The molecule has 1 heterocycles. The van der Waals surface area contributed by atoms with Gasteiger partial charge in [-0.25, -0.2) is 4.79 Å². The molecule has 0 bridgehead atoms. The minimum atomic E-state index is -0.879. The molecule has 5 heteroatoms. The number of carboxylic acids is 1. The lowest BCUT2D eigenvalue weighted by Crippen LogP contribution is -2.19. The molecule has 2 aromatic rings. The summed E-state index contributed by atoms with van der Waals surface area (Å²) in [6.07, 6.45) is 0. The molecular weight excluding hydrogens is 258 g/mol. The molecule has 0 saturated heterocycles. The van der Waals surface area contributed by atoms with Crippen LogP contribution >= 0.6 is 0 Å². The molecule has 1 aliphatic heterocycles. The van der Waals surface area contributed by atoms with E-state index < -0.39 is 5.97 Å². The summed E-state index contributed by atoms with van der Waals surface area (Å²) >= 11 is 0. The number of hydrogen-bond donors (Lipinski definition) is 2. The van der Waals surface area contributed by atoms with E-state index in [2.05, 4.69) is 5.32 Å². The first-order chi connectivity index (χ1) is 9.59. The highest BCUT2D eigenvalue weighted by molar-refractivity contribution is 6.21. The minimum absolute atomic E-state index is 0.300. The zero-order valence-electron chi connectivity index (χ0n) is 10.4. The third-order valence-electron chi connectivity index (χ3n) is 2.66. The number of imide groups is 1. The monoisotopic (exact) mass is 269 g/mol. The fraction of sp³-hybridized carbons (Fsp3) is 0. The van der Waals surface area contributed by atoms with E-state index in [1.165, 1.54) is 0 Å². The van der Waals surface area contributed by atoms with Crippen molar-refractivity contribution in [3.8, 4) is 0 Å². The number of fused-ring (bicyclic) bond motifs is 1. The average molecular weight is 269 g/mol. The van der Waals surface area contributed by atoms with Gasteiger partial charge < -0.3 is 5.11 Å². The molecule has 0 unspecified atom stereocenters. The van der Waals surface area contributed by atoms with E-state index in [9.17, 15) is 14.4 Å². The number of carbonyl (C=O) groups is 3. The third-order valence-corrected chi connectivity index (χ3v) is 2.66. The van der Waals surface area contributed by atoms with E-state index in [4.69, 9.17) is 5.11 Å². The fourth-order valence-electron chi connectivity index (χ4n) is 1.70. The molecule has 2 N–H and O–H groups in total. The molecule has 0 atom stereocenters. The topological polar surface area (TPSA) is 83.5 Å². The van der Waals surface area contributed by atoms with Crippen molar-refractivity contribution in [3.05, 3.63) is 71.3 Å². The highest BCUT2D eigenvalue weighted by Gasteiger charge is 2.25. The fourth-order valence-corrected chi connectivity index (χ4v) is 1.70. The summed E-state index contributed by atoms with van der Waals surface area (Å²) in [4.78, 5) is 32.1. The Bertz CT molecular complexity index is 632. The lowest BCUT2D eigenvalue weighted by molar-refractivity contribution is 0.0696. The van der Waals surface area contributed by atoms with Gasteiger partial charge in [-0.3, -0.25) is 14.9 Å². The Morgan fingerprint density at radius 3 is 1.65 bits per heavy atom. The van der Waals surface area contributed by atoms with E-state index in [0.717, 1.165) is 0 Å². The van der Waals surface area contributed by atoms with Gasteiger partial charge in [0, 0.05) is 0 Å². The van der Waals surface area contributed by atoms with Crippen LogP contribution in [-0.4, -0.2) is 22.9 Å². The number of aromatic carboxylic acids is 1. The van der Waals surface area contributed by atoms with E-state index in [1.54, 1.807) is 54.6 Å². The Morgan fingerprint density at radius 1 is 0.800 bits per heavy atom. The number of rotatable bonds is 1. The summed E-state index contributed by atoms with van der Waals surface area (Å²) in [6, 6.07) is 15.0. The van der Waals surface area contributed by atoms with Gasteiger partial charge in [0.15, 0.2) is 0 Å². The molecule has 0 spiro atoms. The number of carbonyl (C=O) groups excluding carboxylic acids is 2. The number of amides is 2. The van der Waals surface area contributed by atoms with Gasteiger partial charge >= 0.3 is 5.97 Å². The van der Waals surface area contributed by atoms with E-state index >= 15 is 0 Å². The predicted molar refractivity (Wildman–Crippen MR) is 71.6 cm³/mol. The van der Waals surface area contributed by atoms with Crippen molar-refractivity contribution < 1.29 is 19.5 Å². The van der Waals surface area contributed by atoms with Crippen LogP contribution in [0.3, 0.4) is 0 Å². The summed E-state index contributed by atoms with van der Waals surface area (Å²) in [5, 5.41) is 10.6. The van der Waals surface area contributed by atoms with Crippen molar-refractivity contribution in [1.29, 1.82) is 0 Å². The van der Waals surface area contributed by atoms with Gasteiger partial charge in [0.05, 0.1) is 16.7 Å². The largest absolute Gasteiger partial charge is 0.478 e. The van der Waals surface area contributed by atoms with Gasteiger partial charge in [-0.1, -0.05) is 30.3 Å². The van der Waals surface area contributed by atoms with Gasteiger partial charge in [0.1, 0.15) is 0 Å². The quantitative estimate of drug-likeness (QED) is 0.775. The molecule has 0 fully saturated rings. The van der Waals surface area contributed by atoms with Crippen LogP contribution in [0.4, 0.5) is 0 Å². The Kier molecular flexibility index (Phi) is 3.91. The first kappa shape index (κ1) is 13.5. The van der Waals surface area contributed by atoms with E-state index in [-0.39, 0.29) is 11.8 Å². The number of hydrogen-bond acceptors (Lipinski definition) is 3. The Morgan fingerprint density at radius 2 is 1.25 bits per heavy atom. The molecule has 0 aromatic heterocycles. The molecule has 1 aliphatic rings. The van der Waals surface area contributed by atoms with Crippen molar-refractivity contribution >= 4 is 17.8 Å². The second-order valence-corrected chi connectivity index (χ2v) is 4.00. The van der Waals surface area contributed by atoms with Gasteiger partial charge in [-0.2, -0.15) is 0 Å². The van der Waals surface area contributed by atoms with Crippen LogP contribution in [0, 0.1) is 0 Å². The number of nitrogens with one attached hydrogen (secondary N) is 1. The first-order valence-corrected chi connectivity index (χ1v) is 5.82. The molecule has 3 rings (SSSR count). The Hall–Kier alpha value is -2.95. The first-order valence-electron chi connectivity index (χ1n) is 5.82. The second-order valence-electron chi connectivity index (χ2n) is 4.00. The van der Waals surface area contributed by atoms with Gasteiger partial charge in [0.2, 0.25) is 0 Å². The minimum Gasteiger partial charge on any atom is -0.478 e. The molecule has 5 nitrogen and oxygen atoms in total. The predicted octanol–water partition coefficient (Wildman–Crippen LogP) is 1.95. The van der Waals surface area contributed by atoms with Gasteiger partial charge in [-0.05, 0) is 24.3 Å². The lowest BCUT2D eigenvalue weighted by Gasteiger charge is -1.88. The van der Waals surface area contributed by atoms with Crippen LogP contribution in [0.25, 0.3) is 0 Å². The zero-order chi connectivity index (χ0) is 14.5. The second kappa shape index (κ2) is 5.79. The number of carboxylic acid groups (broad SMARTS) is 1. The maximum absolute atomic E-state index is 10.9. The van der Waals surface area contributed by atoms with Crippen LogP contribution in [0.5, 0.6) is 0 Å². The summed E-state index contributed by atoms with van der Waals surface area (Å²) in [5.41, 5.74) is 1.27. The van der Waals surface area contributed by atoms with Crippen molar-refractivity contribution in [2.45, 2.75) is 0 Å². The molecule has 0 aliphatic carbocycles. The van der Waals surface area contributed by atoms with Crippen LogP contribution in [0.15, 0.2) is 54.6 Å². The smallest absolute Gasteiger partial charge is 0.335 e. The highest BCUT2D eigenvalue weighted by atomic mass is 16.4. The summed E-state index contributed by atoms with van der Waals surface area (Å²) in [6.45, 7) is 0. The molecule has 0 radical (unpaired) electrons. The van der Waals surface area contributed by atoms with Gasteiger partial charge in [0.25, 0.3) is 11.8 Å². The van der Waals surface area contributed by atoms with Crippen molar-refractivity contribution in [1.82, 2.24) is 5.32 Å². The molecule has 100 valence electrons. The number of benzene rings is 2. The van der Waals surface area contributed by atoms with E-state index in [1.807, 2.05) is 0 Å². The lowest BCUT2D eigenvalue weighted by atomic mass is 10.1. The highest BCUT2D eigenvalue weighted by Crippen LogP contribution is 2.13. The van der Waals surface area contributed by atoms with Gasteiger partial charge in [-0.15, -0.1) is 0 Å². The van der Waals surface area contributed by atoms with Crippen LogP contribution in [0.2, 0.25) is 0 Å². The molecule has 2 aromatic carbocycles. The van der Waals surface area contributed by atoms with Crippen LogP contribution in [0.1, 0.15) is 31.1 Å². The normalized spacial score (nSPS) is 12.0. The average Bonchev–Trinajstić information content (AvgIpc) is 2.76. The van der Waals surface area contributed by atoms with Crippen molar-refractivity contribution in [2.24, 2.45) is 0 Å². The third kappa shape index (κ3) is 2.89. The van der Waals surface area contributed by atoms with Crippen molar-refractivity contribution in [3.63, 3.8) is 0 Å². The zero-order valence-corrected chi connectivity index (χ0v) is 10.4. The van der Waals surface area contributed by atoms with Crippen molar-refractivity contribution in [2.75, 3.05) is 0 Å². The maximum Gasteiger partial charge on any atom is 0.335 e.